The quantitative estimate of drug-likeness (QED) is 0.844. The van der Waals surface area contributed by atoms with Crippen molar-refractivity contribution in [1.29, 1.82) is 0 Å². The second-order valence-corrected chi connectivity index (χ2v) is 9.78. The van der Waals surface area contributed by atoms with E-state index in [0.29, 0.717) is 11.5 Å². The fraction of sp³-hybridized carbons (Fsp3) is 0.667. The van der Waals surface area contributed by atoms with Gasteiger partial charge < -0.3 is 10.1 Å². The van der Waals surface area contributed by atoms with Gasteiger partial charge in [-0.2, -0.15) is 0 Å². The van der Waals surface area contributed by atoms with Gasteiger partial charge in [-0.3, -0.25) is 4.90 Å². The van der Waals surface area contributed by atoms with Crippen LogP contribution in [-0.4, -0.2) is 57.6 Å². The molecule has 1 N–H and O–H groups in total. The first-order chi connectivity index (χ1) is 11.4. The molecule has 6 heteroatoms. The Bertz CT molecular complexity index is 651. The summed E-state index contributed by atoms with van der Waals surface area (Å²) >= 11 is 0. The maximum atomic E-state index is 11.9. The Labute approximate surface area is 145 Å². The summed E-state index contributed by atoms with van der Waals surface area (Å²) in [6, 6.07) is 8.22. The molecule has 1 aromatic rings. The number of hydrogen-bond acceptors (Lipinski definition) is 5. The van der Waals surface area contributed by atoms with Crippen molar-refractivity contribution in [3.8, 4) is 5.75 Å². The predicted molar refractivity (Wildman–Crippen MR) is 96.1 cm³/mol. The van der Waals surface area contributed by atoms with Crippen molar-refractivity contribution in [1.82, 2.24) is 10.2 Å². The number of methoxy groups -OCH3 is 1. The minimum atomic E-state index is -2.87. The molecule has 0 bridgehead atoms. The van der Waals surface area contributed by atoms with Gasteiger partial charge in [0.25, 0.3) is 0 Å². The van der Waals surface area contributed by atoms with Gasteiger partial charge in [0.2, 0.25) is 0 Å². The summed E-state index contributed by atoms with van der Waals surface area (Å²) in [6.45, 7) is 6.09. The lowest BCUT2D eigenvalue weighted by molar-refractivity contribution is 0.131. The molecule has 2 aliphatic rings. The monoisotopic (exact) mass is 352 g/mol. The molecule has 134 valence electrons. The molecule has 24 heavy (non-hydrogen) atoms. The molecule has 2 fully saturated rings. The van der Waals surface area contributed by atoms with Gasteiger partial charge in [-0.05, 0) is 42.5 Å². The van der Waals surface area contributed by atoms with Crippen LogP contribution in [0, 0.1) is 5.41 Å². The Morgan fingerprint density at radius 2 is 2.08 bits per heavy atom. The molecule has 2 aliphatic heterocycles. The van der Waals surface area contributed by atoms with Crippen LogP contribution < -0.4 is 10.1 Å². The third kappa shape index (κ3) is 4.29. The van der Waals surface area contributed by atoms with Crippen LogP contribution in [0.4, 0.5) is 0 Å². The van der Waals surface area contributed by atoms with Crippen LogP contribution in [-0.2, 0) is 16.4 Å². The molecule has 0 aliphatic carbocycles. The summed E-state index contributed by atoms with van der Waals surface area (Å²) < 4.78 is 29.1. The number of sulfone groups is 1. The Morgan fingerprint density at radius 1 is 1.33 bits per heavy atom. The van der Waals surface area contributed by atoms with Crippen LogP contribution in [0.1, 0.15) is 25.3 Å². The van der Waals surface area contributed by atoms with Crippen molar-refractivity contribution in [3.05, 3.63) is 29.8 Å². The number of rotatable bonds is 6. The van der Waals surface area contributed by atoms with Crippen molar-refractivity contribution in [3.63, 3.8) is 0 Å². The molecular formula is C18H28N2O3S. The standard InChI is InChI=1S/C18H28N2O3S/c1-18(8-9-19-13-18)14-20(16-7-10-24(21,22)12-16)11-15-3-5-17(23-2)6-4-15/h3-6,16,19H,7-14H2,1-2H3. The average Bonchev–Trinajstić information content (AvgIpc) is 3.13. The summed E-state index contributed by atoms with van der Waals surface area (Å²) in [4.78, 5) is 2.39. The van der Waals surface area contributed by atoms with Gasteiger partial charge in [0.1, 0.15) is 5.75 Å². The van der Waals surface area contributed by atoms with E-state index < -0.39 is 9.84 Å². The van der Waals surface area contributed by atoms with E-state index in [1.807, 2.05) is 12.1 Å². The molecule has 3 rings (SSSR count). The van der Waals surface area contributed by atoms with Gasteiger partial charge >= 0.3 is 0 Å². The maximum Gasteiger partial charge on any atom is 0.151 e. The Morgan fingerprint density at radius 3 is 2.62 bits per heavy atom. The van der Waals surface area contributed by atoms with Crippen LogP contribution in [0.15, 0.2) is 24.3 Å². The Kier molecular flexibility index (Phi) is 5.18. The molecule has 0 spiro atoms. The number of hydrogen-bond donors (Lipinski definition) is 1. The van der Waals surface area contributed by atoms with Crippen molar-refractivity contribution in [2.45, 2.75) is 32.4 Å². The maximum absolute atomic E-state index is 11.9. The van der Waals surface area contributed by atoms with Gasteiger partial charge in [0, 0.05) is 25.7 Å². The molecule has 0 aromatic heterocycles. The third-order valence-corrected chi connectivity index (χ3v) is 7.06. The zero-order valence-corrected chi connectivity index (χ0v) is 15.4. The number of benzene rings is 1. The van der Waals surface area contributed by atoms with Crippen molar-refractivity contribution < 1.29 is 13.2 Å². The zero-order chi connectivity index (χ0) is 17.2. The SMILES string of the molecule is COc1ccc(CN(CC2(C)CCNC2)C2CCS(=O)(=O)C2)cc1. The molecular weight excluding hydrogens is 324 g/mol. The highest BCUT2D eigenvalue weighted by atomic mass is 32.2. The van der Waals surface area contributed by atoms with Crippen LogP contribution in [0.3, 0.4) is 0 Å². The van der Waals surface area contributed by atoms with Gasteiger partial charge in [0.05, 0.1) is 18.6 Å². The summed E-state index contributed by atoms with van der Waals surface area (Å²) in [5, 5.41) is 3.44. The first-order valence-corrected chi connectivity index (χ1v) is 10.5. The number of nitrogens with one attached hydrogen (secondary N) is 1. The predicted octanol–water partition coefficient (Wildman–Crippen LogP) is 1.68. The minimum Gasteiger partial charge on any atom is -0.497 e. The topological polar surface area (TPSA) is 58.6 Å². The second-order valence-electron chi connectivity index (χ2n) is 7.55. The lowest BCUT2D eigenvalue weighted by Crippen LogP contribution is -2.43. The molecule has 1 aromatic carbocycles. The smallest absolute Gasteiger partial charge is 0.151 e. The van der Waals surface area contributed by atoms with E-state index in [0.717, 1.165) is 44.8 Å². The molecule has 0 amide bonds. The van der Waals surface area contributed by atoms with E-state index in [2.05, 4.69) is 29.3 Å². The third-order valence-electron chi connectivity index (χ3n) is 5.31. The zero-order valence-electron chi connectivity index (χ0n) is 14.6. The summed E-state index contributed by atoms with van der Waals surface area (Å²) in [6.07, 6.45) is 1.90. The van der Waals surface area contributed by atoms with Gasteiger partial charge in [-0.25, -0.2) is 8.42 Å². The second kappa shape index (κ2) is 7.02. The van der Waals surface area contributed by atoms with E-state index in [-0.39, 0.29) is 11.5 Å². The first kappa shape index (κ1) is 17.7. The van der Waals surface area contributed by atoms with Crippen LogP contribution >= 0.6 is 0 Å². The molecule has 2 atom stereocenters. The molecule has 2 unspecified atom stereocenters. The fourth-order valence-corrected chi connectivity index (χ4v) is 5.60. The Hall–Kier alpha value is -1.11. The molecule has 2 heterocycles. The first-order valence-electron chi connectivity index (χ1n) is 8.67. The number of ether oxygens (including phenoxy) is 1. The minimum absolute atomic E-state index is 0.134. The molecule has 0 radical (unpaired) electrons. The summed E-state index contributed by atoms with van der Waals surface area (Å²) in [7, 11) is -1.21. The van der Waals surface area contributed by atoms with Gasteiger partial charge in [0.15, 0.2) is 9.84 Å². The van der Waals surface area contributed by atoms with E-state index in [4.69, 9.17) is 4.74 Å². The van der Waals surface area contributed by atoms with Gasteiger partial charge in [-0.15, -0.1) is 0 Å². The van der Waals surface area contributed by atoms with Crippen LogP contribution in [0.5, 0.6) is 5.75 Å². The lowest BCUT2D eigenvalue weighted by Gasteiger charge is -2.35. The average molecular weight is 353 g/mol. The van der Waals surface area contributed by atoms with Crippen molar-refractivity contribution >= 4 is 9.84 Å². The van der Waals surface area contributed by atoms with Crippen LogP contribution in [0.25, 0.3) is 0 Å². The van der Waals surface area contributed by atoms with Crippen LogP contribution in [0.2, 0.25) is 0 Å². The van der Waals surface area contributed by atoms with Gasteiger partial charge in [-0.1, -0.05) is 19.1 Å². The number of nitrogens with zero attached hydrogens (tertiary/aromatic N) is 1. The highest BCUT2D eigenvalue weighted by Crippen LogP contribution is 2.30. The fourth-order valence-electron chi connectivity index (χ4n) is 3.84. The largest absolute Gasteiger partial charge is 0.497 e. The molecule has 0 saturated carbocycles. The van der Waals surface area contributed by atoms with E-state index in [1.165, 1.54) is 5.56 Å². The lowest BCUT2D eigenvalue weighted by atomic mass is 9.88. The molecule has 5 nitrogen and oxygen atoms in total. The normalized spacial score (nSPS) is 29.2. The van der Waals surface area contributed by atoms with Crippen molar-refractivity contribution in [2.75, 3.05) is 38.2 Å². The van der Waals surface area contributed by atoms with Crippen molar-refractivity contribution in [2.24, 2.45) is 5.41 Å². The summed E-state index contributed by atoms with van der Waals surface area (Å²) in [5.74, 6) is 1.47. The molecule has 2 saturated heterocycles. The summed E-state index contributed by atoms with van der Waals surface area (Å²) in [5.41, 5.74) is 1.42. The van der Waals surface area contributed by atoms with E-state index in [1.54, 1.807) is 7.11 Å². The van der Waals surface area contributed by atoms with E-state index >= 15 is 0 Å². The Balaban J connectivity index is 1.75. The highest BCUT2D eigenvalue weighted by Gasteiger charge is 2.37. The highest BCUT2D eigenvalue weighted by molar-refractivity contribution is 7.91. The van der Waals surface area contributed by atoms with E-state index in [9.17, 15) is 8.42 Å².